The summed E-state index contributed by atoms with van der Waals surface area (Å²) >= 11 is 0. The highest BCUT2D eigenvalue weighted by Crippen LogP contribution is 2.25. The van der Waals surface area contributed by atoms with Crippen LogP contribution in [0, 0.1) is 0 Å². The molecule has 0 aliphatic carbocycles. The van der Waals surface area contributed by atoms with E-state index >= 15 is 0 Å². The molecule has 0 radical (unpaired) electrons. The Morgan fingerprint density at radius 2 is 1.91 bits per heavy atom. The van der Waals surface area contributed by atoms with Crippen LogP contribution in [0.5, 0.6) is 11.5 Å². The highest BCUT2D eigenvalue weighted by molar-refractivity contribution is 5.96. The van der Waals surface area contributed by atoms with Crippen molar-refractivity contribution in [2.45, 2.75) is 40.2 Å². The molecule has 0 atom stereocenters. The van der Waals surface area contributed by atoms with E-state index in [9.17, 15) is 9.59 Å². The molecule has 0 heterocycles. The molecule has 172 valence electrons. The molecular formula is C25H32N2O5. The summed E-state index contributed by atoms with van der Waals surface area (Å²) in [5.74, 6) is -0.627. The Balaban J connectivity index is 3.05. The zero-order valence-electron chi connectivity index (χ0n) is 19.1. The smallest absolute Gasteiger partial charge is 0.337 e. The predicted molar refractivity (Wildman–Crippen MR) is 127 cm³/mol. The lowest BCUT2D eigenvalue weighted by Crippen LogP contribution is -2.21. The predicted octanol–water partition coefficient (Wildman–Crippen LogP) is 4.49. The second-order valence-corrected chi connectivity index (χ2v) is 7.09. The molecular weight excluding hydrogens is 408 g/mol. The molecule has 1 rings (SSSR count). The fraction of sp³-hybridized carbons (Fsp3) is 0.280. The molecule has 32 heavy (non-hydrogen) atoms. The largest absolute Gasteiger partial charge is 0.491 e. The first-order valence-electron chi connectivity index (χ1n) is 10.3. The number of carbonyl (C=O) groups excluding carboxylic acids is 1. The van der Waals surface area contributed by atoms with Crippen molar-refractivity contribution in [1.29, 1.82) is 0 Å². The number of ether oxygens (including phenoxy) is 2. The average Bonchev–Trinajstić information content (AvgIpc) is 2.73. The summed E-state index contributed by atoms with van der Waals surface area (Å²) in [5, 5.41) is 11.6. The molecule has 7 nitrogen and oxygen atoms in total. The second-order valence-electron chi connectivity index (χ2n) is 7.09. The van der Waals surface area contributed by atoms with E-state index in [1.165, 1.54) is 12.2 Å². The Morgan fingerprint density at radius 1 is 1.22 bits per heavy atom. The fourth-order valence-electron chi connectivity index (χ4n) is 2.45. The van der Waals surface area contributed by atoms with Crippen molar-refractivity contribution in [1.82, 2.24) is 5.32 Å². The Bertz CT molecular complexity index is 940. The van der Waals surface area contributed by atoms with Gasteiger partial charge < -0.3 is 25.6 Å². The van der Waals surface area contributed by atoms with Gasteiger partial charge in [-0.15, -0.1) is 0 Å². The Kier molecular flexibility index (Phi) is 11.1. The van der Waals surface area contributed by atoms with E-state index in [0.717, 1.165) is 18.2 Å². The Morgan fingerprint density at radius 3 is 2.47 bits per heavy atom. The van der Waals surface area contributed by atoms with Crippen LogP contribution in [0.1, 0.15) is 44.5 Å². The summed E-state index contributed by atoms with van der Waals surface area (Å²) < 4.78 is 11.7. The topological polar surface area (TPSA) is 111 Å². The molecule has 0 unspecified atom stereocenters. The summed E-state index contributed by atoms with van der Waals surface area (Å²) in [6, 6.07) is 4.96. The van der Waals surface area contributed by atoms with Gasteiger partial charge in [-0.2, -0.15) is 0 Å². The van der Waals surface area contributed by atoms with Gasteiger partial charge in [-0.25, -0.2) is 4.79 Å². The number of rotatable bonds is 12. The van der Waals surface area contributed by atoms with Crippen molar-refractivity contribution in [3.05, 3.63) is 83.8 Å². The van der Waals surface area contributed by atoms with Crippen LogP contribution in [0.15, 0.2) is 78.2 Å². The van der Waals surface area contributed by atoms with Gasteiger partial charge in [0, 0.05) is 23.5 Å². The van der Waals surface area contributed by atoms with Crippen molar-refractivity contribution >= 4 is 11.9 Å². The first-order valence-corrected chi connectivity index (χ1v) is 10.3. The lowest BCUT2D eigenvalue weighted by molar-refractivity contribution is -0.132. The van der Waals surface area contributed by atoms with E-state index in [1.807, 2.05) is 45.9 Å². The maximum atomic E-state index is 12.7. The molecule has 4 N–H and O–H groups in total. The number of hydrogen-bond donors (Lipinski definition) is 3. The van der Waals surface area contributed by atoms with Gasteiger partial charge in [0.1, 0.15) is 18.1 Å². The minimum Gasteiger partial charge on any atom is -0.491 e. The van der Waals surface area contributed by atoms with Crippen LogP contribution < -0.4 is 20.5 Å². The van der Waals surface area contributed by atoms with Gasteiger partial charge in [-0.1, -0.05) is 31.7 Å². The standard InChI is InChI=1S/C25H32N2O5/c1-6-8-9-19(7-2)16-31-22-12-21(13-23(14-22)32-17(3)4)24(28)27-18(5)10-11-20(15-26)25(29)30/h6,8-15,17H,5,7,16,26H2,1-4H3,(H,27,28)(H,29,30)/b8-6-,11-10-,19-9+,20-15+. The normalized spacial score (nSPS) is 12.4. The number of nitrogens with two attached hydrogens (primary N) is 1. The van der Waals surface area contributed by atoms with Crippen LogP contribution >= 0.6 is 0 Å². The number of carboxylic acid groups (broad SMARTS) is 1. The van der Waals surface area contributed by atoms with Crippen molar-refractivity contribution < 1.29 is 24.2 Å². The van der Waals surface area contributed by atoms with Crippen molar-refractivity contribution in [2.75, 3.05) is 6.61 Å². The van der Waals surface area contributed by atoms with E-state index in [2.05, 4.69) is 11.9 Å². The monoisotopic (exact) mass is 440 g/mol. The number of benzene rings is 1. The van der Waals surface area contributed by atoms with E-state index in [4.69, 9.17) is 20.3 Å². The summed E-state index contributed by atoms with van der Waals surface area (Å²) in [5.41, 5.74) is 6.76. The molecule has 1 amide bonds. The highest BCUT2D eigenvalue weighted by Gasteiger charge is 2.12. The lowest BCUT2D eigenvalue weighted by atomic mass is 10.1. The first-order chi connectivity index (χ1) is 15.2. The fourth-order valence-corrected chi connectivity index (χ4v) is 2.45. The number of hydrogen-bond acceptors (Lipinski definition) is 5. The van der Waals surface area contributed by atoms with Gasteiger partial charge in [-0.3, -0.25) is 4.79 Å². The van der Waals surface area contributed by atoms with Gasteiger partial charge >= 0.3 is 5.97 Å². The summed E-state index contributed by atoms with van der Waals surface area (Å²) in [6.45, 7) is 11.9. The molecule has 0 aliphatic heterocycles. The zero-order chi connectivity index (χ0) is 24.1. The minimum absolute atomic E-state index is 0.0858. The average molecular weight is 441 g/mol. The van der Waals surface area contributed by atoms with Crippen molar-refractivity contribution in [3.63, 3.8) is 0 Å². The molecule has 0 spiro atoms. The quantitative estimate of drug-likeness (QED) is 0.326. The molecule has 0 saturated carbocycles. The van der Waals surface area contributed by atoms with Crippen LogP contribution in [-0.4, -0.2) is 29.7 Å². The third kappa shape index (κ3) is 9.38. The van der Waals surface area contributed by atoms with E-state index < -0.39 is 11.9 Å². The number of carboxylic acids is 1. The molecule has 1 aromatic carbocycles. The molecule has 0 bridgehead atoms. The van der Waals surface area contributed by atoms with Gasteiger partial charge in [0.25, 0.3) is 5.91 Å². The number of carbonyl (C=O) groups is 2. The van der Waals surface area contributed by atoms with Crippen LogP contribution in [0.2, 0.25) is 0 Å². The van der Waals surface area contributed by atoms with Crippen LogP contribution in [0.3, 0.4) is 0 Å². The number of aliphatic carboxylic acids is 1. The van der Waals surface area contributed by atoms with Gasteiger partial charge in [0.15, 0.2) is 0 Å². The molecule has 7 heteroatoms. The number of nitrogens with one attached hydrogen (secondary N) is 1. The SMILES string of the molecule is C=C(/C=C\C(=C/N)C(=O)O)NC(=O)c1cc(OC/C(=C/C=C\C)CC)cc(OC(C)C)c1. The number of amides is 1. The Labute approximate surface area is 189 Å². The van der Waals surface area contributed by atoms with Crippen LogP contribution in [0.4, 0.5) is 0 Å². The zero-order valence-corrected chi connectivity index (χ0v) is 19.1. The van der Waals surface area contributed by atoms with Gasteiger partial charge in [0.2, 0.25) is 0 Å². The third-order valence-electron chi connectivity index (χ3n) is 4.08. The summed E-state index contributed by atoms with van der Waals surface area (Å²) in [4.78, 5) is 23.7. The van der Waals surface area contributed by atoms with Gasteiger partial charge in [0.05, 0.1) is 11.7 Å². The van der Waals surface area contributed by atoms with Gasteiger partial charge in [-0.05, 0) is 57.0 Å². The van der Waals surface area contributed by atoms with Crippen molar-refractivity contribution in [2.24, 2.45) is 5.73 Å². The lowest BCUT2D eigenvalue weighted by Gasteiger charge is -2.15. The van der Waals surface area contributed by atoms with E-state index in [0.29, 0.717) is 23.7 Å². The minimum atomic E-state index is -1.18. The summed E-state index contributed by atoms with van der Waals surface area (Å²) in [6.07, 6.45) is 10.2. The molecule has 0 saturated heterocycles. The second kappa shape index (κ2) is 13.5. The number of allylic oxidation sites excluding steroid dienone is 4. The molecule has 1 aromatic rings. The third-order valence-corrected chi connectivity index (χ3v) is 4.08. The molecule has 0 aliphatic rings. The Hall–Kier alpha value is -3.74. The first kappa shape index (κ1) is 26.3. The van der Waals surface area contributed by atoms with E-state index in [-0.39, 0.29) is 17.4 Å². The van der Waals surface area contributed by atoms with E-state index in [1.54, 1.807) is 18.2 Å². The molecule has 0 fully saturated rings. The maximum Gasteiger partial charge on any atom is 0.337 e. The van der Waals surface area contributed by atoms with Crippen LogP contribution in [0.25, 0.3) is 0 Å². The molecule has 0 aromatic heterocycles. The van der Waals surface area contributed by atoms with Crippen molar-refractivity contribution in [3.8, 4) is 11.5 Å². The maximum absolute atomic E-state index is 12.7. The van der Waals surface area contributed by atoms with Crippen LogP contribution in [-0.2, 0) is 4.79 Å². The summed E-state index contributed by atoms with van der Waals surface area (Å²) in [7, 11) is 0. The highest BCUT2D eigenvalue weighted by atomic mass is 16.5.